The Morgan fingerprint density at radius 3 is 2.74 bits per heavy atom. The number of hydrogen-bond donors (Lipinski definition) is 2. The van der Waals surface area contributed by atoms with Gasteiger partial charge in [-0.2, -0.15) is 5.10 Å². The van der Waals surface area contributed by atoms with Gasteiger partial charge in [0.25, 0.3) is 5.91 Å². The van der Waals surface area contributed by atoms with Gasteiger partial charge in [-0.25, -0.2) is 9.50 Å². The number of pyridine rings is 2. The number of rotatable bonds is 7. The van der Waals surface area contributed by atoms with Gasteiger partial charge in [-0.05, 0) is 32.9 Å². The number of anilines is 2. The molecule has 0 aromatic carbocycles. The van der Waals surface area contributed by atoms with E-state index in [1.807, 2.05) is 32.2 Å². The van der Waals surface area contributed by atoms with Gasteiger partial charge in [0, 0.05) is 25.4 Å². The van der Waals surface area contributed by atoms with E-state index in [1.54, 1.807) is 36.9 Å². The molecule has 4 aromatic rings. The fourth-order valence-corrected chi connectivity index (χ4v) is 5.49. The normalized spacial score (nSPS) is 17.9. The average Bonchev–Trinajstić information content (AvgIpc) is 3.46. The molecule has 0 aliphatic carbocycles. The number of nitrogens with zero attached hydrogens (tertiary/aromatic N) is 5. The Morgan fingerprint density at radius 1 is 1.18 bits per heavy atom. The first-order valence-corrected chi connectivity index (χ1v) is 13.0. The topological polar surface area (TPSA) is 123 Å². The van der Waals surface area contributed by atoms with Crippen molar-refractivity contribution in [3.63, 3.8) is 0 Å². The van der Waals surface area contributed by atoms with E-state index in [0.717, 1.165) is 10.6 Å². The standard InChI is InChI=1S/C26H29N7O4S/c1-15-11-32(12-16(2)37-15)14-23(34)29-18-8-21(17(3)27-9-18)31-25(35)19-10-28-33-13-22(38-26(19)33)20-6-5-7-24(30-20)36-4/h5-10,13,15-16H,11-12,14H2,1-4H3,(H,29,34)(H,31,35)/t15-,16-/m0/s1. The van der Waals surface area contributed by atoms with Crippen molar-refractivity contribution in [2.75, 3.05) is 37.4 Å². The molecule has 4 aromatic heterocycles. The number of fused-ring (bicyclic) bond motifs is 1. The molecule has 198 valence electrons. The number of ether oxygens (including phenoxy) is 2. The third-order valence-electron chi connectivity index (χ3n) is 6.11. The van der Waals surface area contributed by atoms with Crippen LogP contribution in [-0.2, 0) is 9.53 Å². The summed E-state index contributed by atoms with van der Waals surface area (Å²) in [5, 5.41) is 10.1. The van der Waals surface area contributed by atoms with Gasteiger partial charge in [0.2, 0.25) is 11.8 Å². The van der Waals surface area contributed by atoms with Gasteiger partial charge in [0.15, 0.2) is 0 Å². The van der Waals surface area contributed by atoms with Crippen LogP contribution in [0.3, 0.4) is 0 Å². The maximum absolute atomic E-state index is 13.2. The molecule has 0 spiro atoms. The van der Waals surface area contributed by atoms with Gasteiger partial charge in [0.05, 0.1) is 71.5 Å². The van der Waals surface area contributed by atoms with Crippen molar-refractivity contribution in [3.05, 3.63) is 54.1 Å². The van der Waals surface area contributed by atoms with E-state index >= 15 is 0 Å². The van der Waals surface area contributed by atoms with E-state index in [-0.39, 0.29) is 30.6 Å². The minimum atomic E-state index is -0.323. The molecule has 5 rings (SSSR count). The minimum Gasteiger partial charge on any atom is -0.481 e. The lowest BCUT2D eigenvalue weighted by molar-refractivity contribution is -0.121. The van der Waals surface area contributed by atoms with E-state index in [9.17, 15) is 9.59 Å². The van der Waals surface area contributed by atoms with Gasteiger partial charge >= 0.3 is 0 Å². The first-order chi connectivity index (χ1) is 18.3. The zero-order valence-corrected chi connectivity index (χ0v) is 22.4. The lowest BCUT2D eigenvalue weighted by Gasteiger charge is -2.34. The lowest BCUT2D eigenvalue weighted by atomic mass is 10.2. The van der Waals surface area contributed by atoms with Crippen molar-refractivity contribution >= 4 is 39.4 Å². The Kier molecular flexibility index (Phi) is 7.36. The van der Waals surface area contributed by atoms with Crippen LogP contribution in [0.1, 0.15) is 29.9 Å². The molecular weight excluding hydrogens is 506 g/mol. The Hall–Kier alpha value is -3.87. The van der Waals surface area contributed by atoms with Gasteiger partial charge in [0.1, 0.15) is 4.83 Å². The predicted molar refractivity (Wildman–Crippen MR) is 145 cm³/mol. The van der Waals surface area contributed by atoms with Gasteiger partial charge < -0.3 is 20.1 Å². The van der Waals surface area contributed by atoms with E-state index in [0.29, 0.717) is 46.4 Å². The second-order valence-corrected chi connectivity index (χ2v) is 10.3. The predicted octanol–water partition coefficient (Wildman–Crippen LogP) is 3.47. The van der Waals surface area contributed by atoms with Crippen molar-refractivity contribution in [1.29, 1.82) is 0 Å². The number of morpholine rings is 1. The van der Waals surface area contributed by atoms with E-state index in [1.165, 1.54) is 17.5 Å². The molecule has 12 heteroatoms. The third-order valence-corrected chi connectivity index (χ3v) is 7.24. The Balaban J connectivity index is 1.29. The van der Waals surface area contributed by atoms with Crippen LogP contribution in [-0.4, -0.2) is 75.2 Å². The summed E-state index contributed by atoms with van der Waals surface area (Å²) in [4.78, 5) is 38.3. The van der Waals surface area contributed by atoms with Crippen LogP contribution in [0.5, 0.6) is 5.88 Å². The first-order valence-electron chi connectivity index (χ1n) is 12.2. The third kappa shape index (κ3) is 5.67. The van der Waals surface area contributed by atoms with Crippen molar-refractivity contribution < 1.29 is 19.1 Å². The molecule has 1 aliphatic heterocycles. The molecule has 1 fully saturated rings. The number of aromatic nitrogens is 4. The van der Waals surface area contributed by atoms with Crippen LogP contribution in [0, 0.1) is 6.92 Å². The molecule has 38 heavy (non-hydrogen) atoms. The highest BCUT2D eigenvalue weighted by Gasteiger charge is 2.24. The van der Waals surface area contributed by atoms with Gasteiger partial charge in [-0.3, -0.25) is 19.5 Å². The Morgan fingerprint density at radius 2 is 1.97 bits per heavy atom. The number of aryl methyl sites for hydroxylation is 1. The second kappa shape index (κ2) is 10.9. The van der Waals surface area contributed by atoms with Crippen LogP contribution in [0.4, 0.5) is 11.4 Å². The first kappa shape index (κ1) is 25.8. The summed E-state index contributed by atoms with van der Waals surface area (Å²) in [5.41, 5.74) is 2.80. The lowest BCUT2D eigenvalue weighted by Crippen LogP contribution is -2.48. The summed E-state index contributed by atoms with van der Waals surface area (Å²) >= 11 is 1.41. The van der Waals surface area contributed by atoms with E-state index in [4.69, 9.17) is 9.47 Å². The van der Waals surface area contributed by atoms with Crippen molar-refractivity contribution in [2.24, 2.45) is 0 Å². The SMILES string of the molecule is COc1cccc(-c2cn3ncc(C(=O)Nc4cc(NC(=O)CN5C[C@H](C)O[C@@H](C)C5)cnc4C)c3s2)n1. The van der Waals surface area contributed by atoms with Crippen LogP contribution in [0.25, 0.3) is 15.4 Å². The molecule has 1 aliphatic rings. The highest BCUT2D eigenvalue weighted by molar-refractivity contribution is 7.21. The van der Waals surface area contributed by atoms with Crippen LogP contribution >= 0.6 is 11.3 Å². The molecule has 2 amide bonds. The van der Waals surface area contributed by atoms with E-state index < -0.39 is 0 Å². The van der Waals surface area contributed by atoms with Crippen molar-refractivity contribution in [2.45, 2.75) is 33.0 Å². The highest BCUT2D eigenvalue weighted by Crippen LogP contribution is 2.31. The van der Waals surface area contributed by atoms with Gasteiger partial charge in [-0.15, -0.1) is 11.3 Å². The summed E-state index contributed by atoms with van der Waals surface area (Å²) in [6.07, 6.45) is 5.10. The van der Waals surface area contributed by atoms with Crippen LogP contribution in [0.15, 0.2) is 42.9 Å². The molecule has 0 bridgehead atoms. The number of carbonyl (C=O) groups is 2. The van der Waals surface area contributed by atoms with Gasteiger partial charge in [-0.1, -0.05) is 6.07 Å². The summed E-state index contributed by atoms with van der Waals surface area (Å²) in [7, 11) is 1.57. The van der Waals surface area contributed by atoms with Crippen molar-refractivity contribution in [1.82, 2.24) is 24.5 Å². The quantitative estimate of drug-likeness (QED) is 0.369. The maximum atomic E-state index is 13.2. The number of carbonyl (C=O) groups excluding carboxylic acids is 2. The molecule has 2 atom stereocenters. The van der Waals surface area contributed by atoms with E-state index in [2.05, 4.69) is 30.6 Å². The Bertz CT molecular complexity index is 1470. The fraction of sp³-hybridized carbons (Fsp3) is 0.346. The van der Waals surface area contributed by atoms with Crippen LogP contribution < -0.4 is 15.4 Å². The molecule has 1 saturated heterocycles. The minimum absolute atomic E-state index is 0.0796. The zero-order valence-electron chi connectivity index (χ0n) is 21.6. The molecule has 2 N–H and O–H groups in total. The smallest absolute Gasteiger partial charge is 0.260 e. The summed E-state index contributed by atoms with van der Waals surface area (Å²) < 4.78 is 12.6. The molecule has 11 nitrogen and oxygen atoms in total. The number of methoxy groups -OCH3 is 1. The molecular formula is C26H29N7O4S. The fourth-order valence-electron chi connectivity index (χ4n) is 4.46. The number of thiazole rings is 1. The Labute approximate surface area is 223 Å². The van der Waals surface area contributed by atoms with Crippen molar-refractivity contribution in [3.8, 4) is 16.5 Å². The largest absolute Gasteiger partial charge is 0.481 e. The number of amides is 2. The van der Waals surface area contributed by atoms with Crippen LogP contribution in [0.2, 0.25) is 0 Å². The highest BCUT2D eigenvalue weighted by atomic mass is 32.1. The number of hydrogen-bond acceptors (Lipinski definition) is 9. The molecule has 0 unspecified atom stereocenters. The number of nitrogens with one attached hydrogen (secondary N) is 2. The molecule has 5 heterocycles. The summed E-state index contributed by atoms with van der Waals surface area (Å²) in [6.45, 7) is 7.45. The summed E-state index contributed by atoms with van der Waals surface area (Å²) in [6, 6.07) is 7.23. The maximum Gasteiger partial charge on any atom is 0.260 e. The summed E-state index contributed by atoms with van der Waals surface area (Å²) in [5.74, 6) is 0.0389. The molecule has 0 radical (unpaired) electrons. The zero-order chi connectivity index (χ0) is 26.8. The average molecular weight is 536 g/mol. The second-order valence-electron chi connectivity index (χ2n) is 9.28. The molecule has 0 saturated carbocycles. The monoisotopic (exact) mass is 535 g/mol.